The van der Waals surface area contributed by atoms with Gasteiger partial charge < -0.3 is 24.4 Å². The highest BCUT2D eigenvalue weighted by atomic mass is 127. The van der Waals surface area contributed by atoms with Crippen LogP contribution in [0.1, 0.15) is 18.1 Å². The number of hydrogen-bond acceptors (Lipinski definition) is 5. The molecule has 0 spiro atoms. The molecule has 166 valence electrons. The number of guanidine groups is 1. The van der Waals surface area contributed by atoms with Gasteiger partial charge in [-0.15, -0.1) is 24.0 Å². The first-order valence-electron chi connectivity index (χ1n) is 9.91. The smallest absolute Gasteiger partial charge is 0.193 e. The summed E-state index contributed by atoms with van der Waals surface area (Å²) >= 11 is 0. The number of ether oxygens (including phenoxy) is 3. The quantitative estimate of drug-likeness (QED) is 0.323. The predicted molar refractivity (Wildman–Crippen MR) is 129 cm³/mol. The van der Waals surface area contributed by atoms with E-state index in [1.807, 2.05) is 19.2 Å². The summed E-state index contributed by atoms with van der Waals surface area (Å²) in [7, 11) is 7.20. The van der Waals surface area contributed by atoms with Crippen LogP contribution in [0, 0.1) is 12.8 Å². The molecule has 0 amide bonds. The molecule has 7 nitrogen and oxygen atoms in total. The molecule has 1 unspecified atom stereocenters. The summed E-state index contributed by atoms with van der Waals surface area (Å²) in [6, 6.07) is 4.06. The van der Waals surface area contributed by atoms with Gasteiger partial charge in [0.2, 0.25) is 0 Å². The molecule has 0 aliphatic carbocycles. The SMILES string of the molecule is CN=C(NCC(C)CN1CCOCC1)N(C)Cc1cc(OC)c(OC)cc1C.I. The maximum absolute atomic E-state index is 5.45. The van der Waals surface area contributed by atoms with E-state index in [1.165, 1.54) is 11.1 Å². The van der Waals surface area contributed by atoms with Crippen molar-refractivity contribution >= 4 is 29.9 Å². The number of aryl methyl sites for hydroxylation is 1. The second-order valence-corrected chi connectivity index (χ2v) is 7.44. The summed E-state index contributed by atoms with van der Waals surface area (Å²) in [6.45, 7) is 10.8. The first-order chi connectivity index (χ1) is 13.5. The molecule has 1 aliphatic heterocycles. The zero-order valence-corrected chi connectivity index (χ0v) is 21.0. The number of aliphatic imine (C=N–C) groups is 1. The number of rotatable bonds is 8. The van der Waals surface area contributed by atoms with Gasteiger partial charge in [-0.2, -0.15) is 0 Å². The molecule has 1 fully saturated rings. The lowest BCUT2D eigenvalue weighted by molar-refractivity contribution is 0.0320. The van der Waals surface area contributed by atoms with Crippen LogP contribution in [0.4, 0.5) is 0 Å². The molecule has 1 N–H and O–H groups in total. The highest BCUT2D eigenvalue weighted by Crippen LogP contribution is 2.30. The largest absolute Gasteiger partial charge is 0.493 e. The number of benzene rings is 1. The highest BCUT2D eigenvalue weighted by Gasteiger charge is 2.16. The van der Waals surface area contributed by atoms with Gasteiger partial charge in [-0.1, -0.05) is 6.92 Å². The van der Waals surface area contributed by atoms with Crippen molar-refractivity contribution in [2.45, 2.75) is 20.4 Å². The Kier molecular flexibility index (Phi) is 11.7. The topological polar surface area (TPSA) is 58.6 Å². The van der Waals surface area contributed by atoms with Gasteiger partial charge in [-0.3, -0.25) is 9.89 Å². The molecule has 1 aliphatic rings. The third-order valence-corrected chi connectivity index (χ3v) is 5.11. The Labute approximate surface area is 192 Å². The summed E-state index contributed by atoms with van der Waals surface area (Å²) < 4.78 is 16.3. The van der Waals surface area contributed by atoms with Crippen LogP contribution in [-0.4, -0.2) is 83.5 Å². The van der Waals surface area contributed by atoms with E-state index in [2.05, 4.69) is 41.0 Å². The van der Waals surface area contributed by atoms with Gasteiger partial charge in [0.15, 0.2) is 17.5 Å². The van der Waals surface area contributed by atoms with Crippen molar-refractivity contribution in [2.24, 2.45) is 10.9 Å². The van der Waals surface area contributed by atoms with E-state index in [9.17, 15) is 0 Å². The Balaban J connectivity index is 0.00000420. The average Bonchev–Trinajstić information content (AvgIpc) is 2.70. The van der Waals surface area contributed by atoms with E-state index in [1.54, 1.807) is 14.2 Å². The molecule has 0 radical (unpaired) electrons. The predicted octanol–water partition coefficient (Wildman–Crippen LogP) is 2.61. The number of morpholine rings is 1. The molecule has 1 saturated heterocycles. The van der Waals surface area contributed by atoms with Crippen molar-refractivity contribution in [2.75, 3.05) is 67.7 Å². The third-order valence-electron chi connectivity index (χ3n) is 5.11. The lowest BCUT2D eigenvalue weighted by Gasteiger charge is -2.30. The van der Waals surface area contributed by atoms with Crippen LogP contribution in [0.25, 0.3) is 0 Å². The van der Waals surface area contributed by atoms with Crippen LogP contribution in [0.3, 0.4) is 0 Å². The molecule has 1 aromatic rings. The first-order valence-corrected chi connectivity index (χ1v) is 9.91. The van der Waals surface area contributed by atoms with E-state index in [-0.39, 0.29) is 24.0 Å². The van der Waals surface area contributed by atoms with Crippen molar-refractivity contribution in [1.82, 2.24) is 15.1 Å². The van der Waals surface area contributed by atoms with Crippen LogP contribution in [0.2, 0.25) is 0 Å². The molecule has 0 aromatic heterocycles. The summed E-state index contributed by atoms with van der Waals surface area (Å²) in [5.74, 6) is 2.93. The Bertz CT molecular complexity index is 651. The van der Waals surface area contributed by atoms with Crippen LogP contribution < -0.4 is 14.8 Å². The molecule has 29 heavy (non-hydrogen) atoms. The van der Waals surface area contributed by atoms with Gasteiger partial charge in [0.25, 0.3) is 0 Å². The maximum atomic E-state index is 5.45. The molecule has 1 atom stereocenters. The lowest BCUT2D eigenvalue weighted by Crippen LogP contribution is -2.44. The Morgan fingerprint density at radius 2 is 1.86 bits per heavy atom. The number of nitrogens with one attached hydrogen (secondary N) is 1. The molecule has 1 heterocycles. The van der Waals surface area contributed by atoms with Crippen molar-refractivity contribution in [3.63, 3.8) is 0 Å². The number of methoxy groups -OCH3 is 2. The second-order valence-electron chi connectivity index (χ2n) is 7.44. The molecular weight excluding hydrogens is 483 g/mol. The van der Waals surface area contributed by atoms with E-state index < -0.39 is 0 Å². The average molecular weight is 520 g/mol. The van der Waals surface area contributed by atoms with E-state index in [4.69, 9.17) is 14.2 Å². The number of hydrogen-bond donors (Lipinski definition) is 1. The zero-order valence-electron chi connectivity index (χ0n) is 18.7. The summed E-state index contributed by atoms with van der Waals surface area (Å²) in [5, 5.41) is 3.51. The number of nitrogens with zero attached hydrogens (tertiary/aromatic N) is 3. The third kappa shape index (κ3) is 7.82. The Hall–Kier alpha value is -1.26. The fraction of sp³-hybridized carbons (Fsp3) is 0.667. The van der Waals surface area contributed by atoms with Gasteiger partial charge >= 0.3 is 0 Å². The van der Waals surface area contributed by atoms with E-state index >= 15 is 0 Å². The van der Waals surface area contributed by atoms with Gasteiger partial charge in [0, 0.05) is 46.8 Å². The number of halogens is 1. The Morgan fingerprint density at radius 3 is 2.45 bits per heavy atom. The molecule has 0 bridgehead atoms. The summed E-state index contributed by atoms with van der Waals surface area (Å²) in [6.07, 6.45) is 0. The van der Waals surface area contributed by atoms with Crippen molar-refractivity contribution in [1.29, 1.82) is 0 Å². The van der Waals surface area contributed by atoms with Gasteiger partial charge in [0.05, 0.1) is 27.4 Å². The normalized spacial score (nSPS) is 16.0. The van der Waals surface area contributed by atoms with Crippen molar-refractivity contribution in [3.05, 3.63) is 23.3 Å². The van der Waals surface area contributed by atoms with E-state index in [0.717, 1.165) is 63.4 Å². The van der Waals surface area contributed by atoms with Crippen LogP contribution in [0.15, 0.2) is 17.1 Å². The fourth-order valence-corrected chi connectivity index (χ4v) is 3.46. The van der Waals surface area contributed by atoms with Gasteiger partial charge in [-0.25, -0.2) is 0 Å². The lowest BCUT2D eigenvalue weighted by atomic mass is 10.1. The summed E-state index contributed by atoms with van der Waals surface area (Å²) in [5.41, 5.74) is 2.35. The Morgan fingerprint density at radius 1 is 1.24 bits per heavy atom. The first kappa shape index (κ1) is 25.8. The standard InChI is InChI=1S/C21H36N4O3.HI/c1-16(14-25-7-9-28-10-8-25)13-23-21(22-3)24(4)15-18-12-20(27-6)19(26-5)11-17(18)2;/h11-12,16H,7-10,13-15H2,1-6H3,(H,22,23);1H. The van der Waals surface area contributed by atoms with Crippen molar-refractivity contribution in [3.8, 4) is 11.5 Å². The minimum Gasteiger partial charge on any atom is -0.493 e. The molecule has 0 saturated carbocycles. The van der Waals surface area contributed by atoms with Crippen molar-refractivity contribution < 1.29 is 14.2 Å². The second kappa shape index (κ2) is 13.1. The molecule has 8 heteroatoms. The van der Waals surface area contributed by atoms with Crippen LogP contribution in [0.5, 0.6) is 11.5 Å². The van der Waals surface area contributed by atoms with Gasteiger partial charge in [-0.05, 0) is 36.1 Å². The fourth-order valence-electron chi connectivity index (χ4n) is 3.46. The summed E-state index contributed by atoms with van der Waals surface area (Å²) in [4.78, 5) is 9.05. The minimum absolute atomic E-state index is 0. The minimum atomic E-state index is 0. The molecule has 1 aromatic carbocycles. The monoisotopic (exact) mass is 520 g/mol. The van der Waals surface area contributed by atoms with E-state index in [0.29, 0.717) is 5.92 Å². The molecular formula is C21H37IN4O3. The van der Waals surface area contributed by atoms with Gasteiger partial charge in [0.1, 0.15) is 0 Å². The zero-order chi connectivity index (χ0) is 20.5. The highest BCUT2D eigenvalue weighted by molar-refractivity contribution is 14.0. The maximum Gasteiger partial charge on any atom is 0.193 e. The van der Waals surface area contributed by atoms with Crippen LogP contribution in [-0.2, 0) is 11.3 Å². The van der Waals surface area contributed by atoms with Crippen LogP contribution >= 0.6 is 24.0 Å². The molecule has 2 rings (SSSR count).